The highest BCUT2D eigenvalue weighted by Crippen LogP contribution is 2.13. The number of rotatable bonds is 4. The molecule has 0 aliphatic rings. The molecule has 0 bridgehead atoms. The number of carbonyl (C=O) groups is 1. The molecule has 1 N–H and O–H groups in total. The molecule has 0 saturated carbocycles. The second kappa shape index (κ2) is 5.00. The van der Waals surface area contributed by atoms with Crippen LogP contribution in [0.1, 0.15) is 20.3 Å². The average Bonchev–Trinajstić information content (AvgIpc) is 2.75. The summed E-state index contributed by atoms with van der Waals surface area (Å²) in [6.45, 7) is 7.62. The summed E-state index contributed by atoms with van der Waals surface area (Å²) in [5.74, 6) is 0.489. The van der Waals surface area contributed by atoms with Gasteiger partial charge in [-0.25, -0.2) is 9.97 Å². The molecule has 1 amide bonds. The van der Waals surface area contributed by atoms with Gasteiger partial charge < -0.3 is 5.32 Å². The lowest BCUT2D eigenvalue weighted by Crippen LogP contribution is -2.20. The van der Waals surface area contributed by atoms with Crippen LogP contribution in [0.25, 0.3) is 5.78 Å². The van der Waals surface area contributed by atoms with Crippen LogP contribution in [-0.2, 0) is 4.79 Å². The molecule has 0 spiro atoms. The maximum atomic E-state index is 11.9. The number of allylic oxidation sites excluding steroid dienone is 1. The van der Waals surface area contributed by atoms with Crippen molar-refractivity contribution in [3.63, 3.8) is 0 Å². The molecule has 2 aromatic heterocycles. The first kappa shape index (κ1) is 12.3. The Balaban J connectivity index is 2.08. The minimum absolute atomic E-state index is 0.0285. The van der Waals surface area contributed by atoms with Crippen molar-refractivity contribution >= 4 is 17.4 Å². The van der Waals surface area contributed by atoms with E-state index >= 15 is 0 Å². The van der Waals surface area contributed by atoms with Gasteiger partial charge in [-0.05, 0) is 13.3 Å². The monoisotopic (exact) mass is 244 g/mol. The molecule has 2 aromatic rings. The number of imidazole rings is 1. The molecule has 1 atom stereocenters. The van der Waals surface area contributed by atoms with Crippen molar-refractivity contribution in [1.29, 1.82) is 0 Å². The third kappa shape index (κ3) is 2.74. The molecule has 5 nitrogen and oxygen atoms in total. The highest BCUT2D eigenvalue weighted by atomic mass is 16.1. The van der Waals surface area contributed by atoms with E-state index in [-0.39, 0.29) is 11.8 Å². The zero-order chi connectivity index (χ0) is 13.1. The van der Waals surface area contributed by atoms with Crippen molar-refractivity contribution in [2.24, 2.45) is 5.92 Å². The average molecular weight is 244 g/mol. The number of fused-ring (bicyclic) bond motifs is 1. The molecule has 0 aliphatic carbocycles. The van der Waals surface area contributed by atoms with E-state index in [2.05, 4.69) is 21.9 Å². The third-order valence-corrected chi connectivity index (χ3v) is 2.62. The summed E-state index contributed by atoms with van der Waals surface area (Å²) in [6.07, 6.45) is 7.54. The highest BCUT2D eigenvalue weighted by molar-refractivity contribution is 5.92. The summed E-state index contributed by atoms with van der Waals surface area (Å²) < 4.78 is 1.76. The van der Waals surface area contributed by atoms with E-state index in [0.717, 1.165) is 5.57 Å². The normalized spacial score (nSPS) is 12.3. The Hall–Kier alpha value is -2.17. The van der Waals surface area contributed by atoms with Gasteiger partial charge in [-0.3, -0.25) is 9.20 Å². The fourth-order valence-corrected chi connectivity index (χ4v) is 1.76. The summed E-state index contributed by atoms with van der Waals surface area (Å²) in [4.78, 5) is 20.1. The van der Waals surface area contributed by atoms with Crippen molar-refractivity contribution < 1.29 is 4.79 Å². The van der Waals surface area contributed by atoms with Crippen LogP contribution < -0.4 is 5.32 Å². The second-order valence-electron chi connectivity index (χ2n) is 4.53. The summed E-state index contributed by atoms with van der Waals surface area (Å²) in [5.41, 5.74) is 1.67. The van der Waals surface area contributed by atoms with Gasteiger partial charge in [0.2, 0.25) is 11.7 Å². The van der Waals surface area contributed by atoms with Gasteiger partial charge in [0.25, 0.3) is 0 Å². The Kier molecular flexibility index (Phi) is 3.41. The van der Waals surface area contributed by atoms with Crippen LogP contribution in [0.5, 0.6) is 0 Å². The Morgan fingerprint density at radius 3 is 3.06 bits per heavy atom. The number of aromatic nitrogens is 3. The van der Waals surface area contributed by atoms with Crippen LogP contribution in [0, 0.1) is 5.92 Å². The molecule has 0 aromatic carbocycles. The maximum absolute atomic E-state index is 11.9. The van der Waals surface area contributed by atoms with Crippen molar-refractivity contribution in [3.05, 3.63) is 36.9 Å². The predicted molar refractivity (Wildman–Crippen MR) is 70.2 cm³/mol. The molecular weight excluding hydrogens is 228 g/mol. The van der Waals surface area contributed by atoms with Crippen molar-refractivity contribution in [2.75, 3.05) is 5.32 Å². The summed E-state index contributed by atoms with van der Waals surface area (Å²) in [5, 5.41) is 2.84. The summed E-state index contributed by atoms with van der Waals surface area (Å²) in [7, 11) is 0. The zero-order valence-corrected chi connectivity index (χ0v) is 10.6. The third-order valence-electron chi connectivity index (χ3n) is 2.62. The molecule has 18 heavy (non-hydrogen) atoms. The van der Waals surface area contributed by atoms with Gasteiger partial charge in [-0.2, -0.15) is 0 Å². The highest BCUT2D eigenvalue weighted by Gasteiger charge is 2.13. The number of amides is 1. The molecule has 0 saturated heterocycles. The SMILES string of the molecule is C=C(C)CC(C)C(=O)Nc1cnc2nccn2c1. The van der Waals surface area contributed by atoms with Gasteiger partial charge in [-0.1, -0.05) is 12.5 Å². The van der Waals surface area contributed by atoms with Crippen LogP contribution in [0.15, 0.2) is 36.9 Å². The van der Waals surface area contributed by atoms with E-state index in [1.54, 1.807) is 29.2 Å². The largest absolute Gasteiger partial charge is 0.323 e. The van der Waals surface area contributed by atoms with Crippen LogP contribution in [0.2, 0.25) is 0 Å². The quantitative estimate of drug-likeness (QED) is 0.839. The first-order valence-electron chi connectivity index (χ1n) is 5.80. The molecule has 94 valence electrons. The fourth-order valence-electron chi connectivity index (χ4n) is 1.76. The number of anilines is 1. The number of hydrogen-bond donors (Lipinski definition) is 1. The molecule has 1 unspecified atom stereocenters. The van der Waals surface area contributed by atoms with E-state index in [4.69, 9.17) is 0 Å². The number of carbonyl (C=O) groups excluding carboxylic acids is 1. The fraction of sp³-hybridized carbons (Fsp3) is 0.308. The predicted octanol–water partition coefficient (Wildman–Crippen LogP) is 2.27. The van der Waals surface area contributed by atoms with Crippen molar-refractivity contribution in [3.8, 4) is 0 Å². The second-order valence-corrected chi connectivity index (χ2v) is 4.53. The molecule has 0 fully saturated rings. The number of hydrogen-bond acceptors (Lipinski definition) is 3. The van der Waals surface area contributed by atoms with E-state index < -0.39 is 0 Å². The summed E-state index contributed by atoms with van der Waals surface area (Å²) >= 11 is 0. The van der Waals surface area contributed by atoms with Gasteiger partial charge in [0, 0.05) is 24.5 Å². The minimum Gasteiger partial charge on any atom is -0.323 e. The van der Waals surface area contributed by atoms with Crippen LogP contribution in [-0.4, -0.2) is 20.3 Å². The van der Waals surface area contributed by atoms with Gasteiger partial charge in [-0.15, -0.1) is 6.58 Å². The smallest absolute Gasteiger partial charge is 0.233 e. The molecule has 2 rings (SSSR count). The Bertz CT molecular complexity index is 587. The Morgan fingerprint density at radius 2 is 2.33 bits per heavy atom. The summed E-state index contributed by atoms with van der Waals surface area (Å²) in [6, 6.07) is 0. The first-order chi connectivity index (χ1) is 8.56. The standard InChI is InChI=1S/C13H16N4O/c1-9(2)6-10(3)12(18)16-11-7-15-13-14-4-5-17(13)8-11/h4-5,7-8,10H,1,6H2,2-3H3,(H,16,18). The Morgan fingerprint density at radius 1 is 1.56 bits per heavy atom. The Labute approximate surface area is 106 Å². The number of nitrogens with one attached hydrogen (secondary N) is 1. The van der Waals surface area contributed by atoms with Crippen molar-refractivity contribution in [1.82, 2.24) is 14.4 Å². The molecular formula is C13H16N4O. The lowest BCUT2D eigenvalue weighted by Gasteiger charge is -2.11. The molecule has 5 heteroatoms. The van der Waals surface area contributed by atoms with E-state index in [0.29, 0.717) is 17.9 Å². The molecule has 0 radical (unpaired) electrons. The lowest BCUT2D eigenvalue weighted by atomic mass is 10.0. The van der Waals surface area contributed by atoms with E-state index in [1.807, 2.05) is 13.8 Å². The van der Waals surface area contributed by atoms with E-state index in [1.165, 1.54) is 0 Å². The van der Waals surface area contributed by atoms with Crippen LogP contribution in [0.3, 0.4) is 0 Å². The van der Waals surface area contributed by atoms with Crippen LogP contribution >= 0.6 is 0 Å². The van der Waals surface area contributed by atoms with Gasteiger partial charge in [0.05, 0.1) is 11.9 Å². The molecule has 0 aliphatic heterocycles. The van der Waals surface area contributed by atoms with Gasteiger partial charge in [0.1, 0.15) is 0 Å². The maximum Gasteiger partial charge on any atom is 0.233 e. The minimum atomic E-state index is -0.0963. The lowest BCUT2D eigenvalue weighted by molar-refractivity contribution is -0.119. The van der Waals surface area contributed by atoms with E-state index in [9.17, 15) is 4.79 Å². The van der Waals surface area contributed by atoms with Gasteiger partial charge >= 0.3 is 0 Å². The number of nitrogens with zero attached hydrogens (tertiary/aromatic N) is 3. The van der Waals surface area contributed by atoms with Crippen LogP contribution in [0.4, 0.5) is 5.69 Å². The molecule has 2 heterocycles. The first-order valence-corrected chi connectivity index (χ1v) is 5.80. The van der Waals surface area contributed by atoms with Crippen molar-refractivity contribution in [2.45, 2.75) is 20.3 Å². The topological polar surface area (TPSA) is 59.3 Å². The van der Waals surface area contributed by atoms with Gasteiger partial charge in [0.15, 0.2) is 0 Å². The zero-order valence-electron chi connectivity index (χ0n) is 10.6.